The van der Waals surface area contributed by atoms with E-state index in [1.165, 1.54) is 20.2 Å². The minimum atomic E-state index is -3.58. The standard InChI is InChI=1S/C13H21N3O3S2.ClH/c1-16(2)21(18,19)11-5-8-20-12(11)13(17)15-7-4-10-3-6-14-9-10;/h5,8,10,14H,3-4,6-7,9H2,1-2H3,(H,15,17);1H. The van der Waals surface area contributed by atoms with Gasteiger partial charge in [0.15, 0.2) is 0 Å². The van der Waals surface area contributed by atoms with Crippen LogP contribution in [0.15, 0.2) is 16.3 Å². The first-order valence-electron chi connectivity index (χ1n) is 6.92. The van der Waals surface area contributed by atoms with E-state index in [1.54, 1.807) is 5.38 Å². The molecule has 0 radical (unpaired) electrons. The quantitative estimate of drug-likeness (QED) is 0.790. The molecule has 1 atom stereocenters. The average molecular weight is 368 g/mol. The van der Waals surface area contributed by atoms with Crippen LogP contribution in [0.4, 0.5) is 0 Å². The number of thiophene rings is 1. The lowest BCUT2D eigenvalue weighted by atomic mass is 10.1. The summed E-state index contributed by atoms with van der Waals surface area (Å²) in [6.07, 6.45) is 2.05. The molecule has 1 saturated heterocycles. The summed E-state index contributed by atoms with van der Waals surface area (Å²) in [7, 11) is -0.657. The van der Waals surface area contributed by atoms with Crippen LogP contribution in [0.2, 0.25) is 0 Å². The zero-order chi connectivity index (χ0) is 15.5. The molecule has 1 aliphatic rings. The molecule has 126 valence electrons. The zero-order valence-corrected chi connectivity index (χ0v) is 15.1. The Hall–Kier alpha value is -0.670. The average Bonchev–Trinajstić information content (AvgIpc) is 3.09. The van der Waals surface area contributed by atoms with Crippen LogP contribution in [-0.4, -0.2) is 52.4 Å². The minimum absolute atomic E-state index is 0. The largest absolute Gasteiger partial charge is 0.351 e. The molecule has 2 heterocycles. The topological polar surface area (TPSA) is 78.5 Å². The highest BCUT2D eigenvalue weighted by Gasteiger charge is 2.26. The maximum atomic E-state index is 12.2. The van der Waals surface area contributed by atoms with Gasteiger partial charge in [0.1, 0.15) is 9.77 Å². The molecule has 1 fully saturated rings. The lowest BCUT2D eigenvalue weighted by Gasteiger charge is -2.12. The lowest BCUT2D eigenvalue weighted by molar-refractivity contribution is 0.0952. The third-order valence-electron chi connectivity index (χ3n) is 3.59. The van der Waals surface area contributed by atoms with Crippen molar-refractivity contribution in [3.8, 4) is 0 Å². The Kier molecular flexibility index (Phi) is 7.27. The predicted octanol–water partition coefficient (Wildman–Crippen LogP) is 1.15. The molecule has 0 spiro atoms. The van der Waals surface area contributed by atoms with Gasteiger partial charge in [0.25, 0.3) is 5.91 Å². The van der Waals surface area contributed by atoms with E-state index in [2.05, 4.69) is 10.6 Å². The third kappa shape index (κ3) is 4.42. The van der Waals surface area contributed by atoms with Crippen LogP contribution in [-0.2, 0) is 10.0 Å². The van der Waals surface area contributed by atoms with Gasteiger partial charge in [-0.1, -0.05) is 0 Å². The number of sulfonamides is 1. The van der Waals surface area contributed by atoms with Crippen LogP contribution in [0.25, 0.3) is 0 Å². The minimum Gasteiger partial charge on any atom is -0.351 e. The van der Waals surface area contributed by atoms with Gasteiger partial charge in [0, 0.05) is 20.6 Å². The molecular formula is C13H22ClN3O3S2. The maximum absolute atomic E-state index is 12.2. The highest BCUT2D eigenvalue weighted by Crippen LogP contribution is 2.24. The molecule has 0 aliphatic carbocycles. The Balaban J connectivity index is 0.00000242. The summed E-state index contributed by atoms with van der Waals surface area (Å²) in [4.78, 5) is 12.5. The van der Waals surface area contributed by atoms with Crippen molar-refractivity contribution < 1.29 is 13.2 Å². The molecule has 0 saturated carbocycles. The molecule has 1 aromatic heterocycles. The number of hydrogen-bond acceptors (Lipinski definition) is 5. The first-order chi connectivity index (χ1) is 9.93. The number of hydrogen-bond donors (Lipinski definition) is 2. The molecule has 1 aliphatic heterocycles. The van der Waals surface area contributed by atoms with Crippen molar-refractivity contribution in [2.24, 2.45) is 5.92 Å². The first-order valence-corrected chi connectivity index (χ1v) is 9.24. The van der Waals surface area contributed by atoms with Gasteiger partial charge in [-0.2, -0.15) is 0 Å². The van der Waals surface area contributed by atoms with E-state index >= 15 is 0 Å². The lowest BCUT2D eigenvalue weighted by Crippen LogP contribution is -2.29. The molecule has 1 unspecified atom stereocenters. The monoisotopic (exact) mass is 367 g/mol. The maximum Gasteiger partial charge on any atom is 0.262 e. The molecule has 2 rings (SSSR count). The van der Waals surface area contributed by atoms with Gasteiger partial charge in [0.05, 0.1) is 0 Å². The molecule has 1 amide bonds. The number of amides is 1. The summed E-state index contributed by atoms with van der Waals surface area (Å²) >= 11 is 1.15. The number of carbonyl (C=O) groups is 1. The van der Waals surface area contributed by atoms with Gasteiger partial charge in [-0.3, -0.25) is 4.79 Å². The van der Waals surface area contributed by atoms with Crippen molar-refractivity contribution in [1.82, 2.24) is 14.9 Å². The van der Waals surface area contributed by atoms with E-state index < -0.39 is 10.0 Å². The van der Waals surface area contributed by atoms with Gasteiger partial charge in [0.2, 0.25) is 10.0 Å². The normalized spacial score (nSPS) is 18.2. The zero-order valence-electron chi connectivity index (χ0n) is 12.7. The third-order valence-corrected chi connectivity index (χ3v) is 6.49. The van der Waals surface area contributed by atoms with Gasteiger partial charge >= 0.3 is 0 Å². The summed E-state index contributed by atoms with van der Waals surface area (Å²) < 4.78 is 25.4. The number of carbonyl (C=O) groups excluding carboxylic acids is 1. The fraction of sp³-hybridized carbons (Fsp3) is 0.615. The molecular weight excluding hydrogens is 346 g/mol. The fourth-order valence-electron chi connectivity index (χ4n) is 2.29. The molecule has 22 heavy (non-hydrogen) atoms. The van der Waals surface area contributed by atoms with Gasteiger partial charge < -0.3 is 10.6 Å². The molecule has 0 aromatic carbocycles. The number of halogens is 1. The Labute approximate surface area is 141 Å². The Bertz CT molecular complexity index is 595. The van der Waals surface area contributed by atoms with Gasteiger partial charge in [-0.25, -0.2) is 12.7 Å². The predicted molar refractivity (Wildman–Crippen MR) is 90.4 cm³/mol. The number of rotatable bonds is 6. The van der Waals surface area contributed by atoms with Crippen molar-refractivity contribution in [2.45, 2.75) is 17.7 Å². The SMILES string of the molecule is CN(C)S(=O)(=O)c1ccsc1C(=O)NCCC1CCNC1.Cl. The molecule has 6 nitrogen and oxygen atoms in total. The molecule has 0 bridgehead atoms. The number of nitrogens with one attached hydrogen (secondary N) is 2. The Morgan fingerprint density at radius 1 is 1.50 bits per heavy atom. The van der Waals surface area contributed by atoms with Crippen molar-refractivity contribution in [2.75, 3.05) is 33.7 Å². The van der Waals surface area contributed by atoms with E-state index in [1.807, 2.05) is 0 Å². The summed E-state index contributed by atoms with van der Waals surface area (Å²) in [6.45, 7) is 2.61. The molecule has 9 heteroatoms. The second kappa shape index (κ2) is 8.26. The summed E-state index contributed by atoms with van der Waals surface area (Å²) in [5.41, 5.74) is 0. The number of nitrogens with zero attached hydrogens (tertiary/aromatic N) is 1. The Morgan fingerprint density at radius 2 is 2.23 bits per heavy atom. The van der Waals surface area contributed by atoms with E-state index in [9.17, 15) is 13.2 Å². The van der Waals surface area contributed by atoms with E-state index in [0.717, 1.165) is 41.6 Å². The Morgan fingerprint density at radius 3 is 2.82 bits per heavy atom. The van der Waals surface area contributed by atoms with Crippen molar-refractivity contribution in [3.63, 3.8) is 0 Å². The van der Waals surface area contributed by atoms with Crippen LogP contribution >= 0.6 is 23.7 Å². The molecule has 2 N–H and O–H groups in total. The summed E-state index contributed by atoms with van der Waals surface area (Å²) in [5, 5.41) is 7.74. The summed E-state index contributed by atoms with van der Waals surface area (Å²) in [5.74, 6) is 0.287. The second-order valence-electron chi connectivity index (χ2n) is 5.30. The van der Waals surface area contributed by atoms with Crippen LogP contribution in [0, 0.1) is 5.92 Å². The van der Waals surface area contributed by atoms with Crippen LogP contribution in [0.5, 0.6) is 0 Å². The van der Waals surface area contributed by atoms with Crippen LogP contribution < -0.4 is 10.6 Å². The summed E-state index contributed by atoms with van der Waals surface area (Å²) in [6, 6.07) is 1.48. The second-order valence-corrected chi connectivity index (χ2v) is 8.34. The van der Waals surface area contributed by atoms with Crippen LogP contribution in [0.3, 0.4) is 0 Å². The smallest absolute Gasteiger partial charge is 0.262 e. The highest BCUT2D eigenvalue weighted by molar-refractivity contribution is 7.89. The van der Waals surface area contributed by atoms with E-state index in [0.29, 0.717) is 12.5 Å². The van der Waals surface area contributed by atoms with E-state index in [-0.39, 0.29) is 28.1 Å². The van der Waals surface area contributed by atoms with Gasteiger partial charge in [-0.15, -0.1) is 23.7 Å². The highest BCUT2D eigenvalue weighted by atomic mass is 35.5. The molecule has 1 aromatic rings. The van der Waals surface area contributed by atoms with Gasteiger partial charge in [-0.05, 0) is 43.3 Å². The van der Waals surface area contributed by atoms with E-state index in [4.69, 9.17) is 0 Å². The van der Waals surface area contributed by atoms with Crippen molar-refractivity contribution in [1.29, 1.82) is 0 Å². The van der Waals surface area contributed by atoms with Crippen molar-refractivity contribution >= 4 is 39.7 Å². The van der Waals surface area contributed by atoms with Crippen LogP contribution in [0.1, 0.15) is 22.5 Å². The first kappa shape index (κ1) is 19.4. The fourth-order valence-corrected chi connectivity index (χ4v) is 4.50. The van der Waals surface area contributed by atoms with Crippen molar-refractivity contribution in [3.05, 3.63) is 16.3 Å².